The Labute approximate surface area is 108 Å². The fraction of sp³-hybridized carbons (Fsp3) is 0.571. The maximum absolute atomic E-state index is 12.4. The van der Waals surface area contributed by atoms with Gasteiger partial charge >= 0.3 is 0 Å². The van der Waals surface area contributed by atoms with Crippen LogP contribution in [0.2, 0.25) is 0 Å². The Kier molecular flexibility index (Phi) is 4.18. The number of amides is 1. The highest BCUT2D eigenvalue weighted by atomic mass is 16.2. The van der Waals surface area contributed by atoms with Crippen molar-refractivity contribution in [2.24, 2.45) is 5.92 Å². The number of pyridine rings is 1. The third-order valence-electron chi connectivity index (χ3n) is 3.59. The van der Waals surface area contributed by atoms with Gasteiger partial charge < -0.3 is 10.2 Å². The molecular formula is C14H21N3O. The number of anilines is 1. The second-order valence-electron chi connectivity index (χ2n) is 4.87. The van der Waals surface area contributed by atoms with E-state index in [1.807, 2.05) is 11.9 Å². The number of hydrogen-bond donors (Lipinski definition) is 1. The Hall–Kier alpha value is -1.58. The Morgan fingerprint density at radius 1 is 1.61 bits per heavy atom. The summed E-state index contributed by atoms with van der Waals surface area (Å²) in [5, 5.41) is 3.03. The number of aromatic nitrogens is 1. The lowest BCUT2D eigenvalue weighted by Gasteiger charge is -2.18. The number of likely N-dealkylation sites (tertiary alicyclic amines) is 1. The molecule has 4 heteroatoms. The molecule has 1 aliphatic rings. The summed E-state index contributed by atoms with van der Waals surface area (Å²) in [5.74, 6) is 0.805. The largest absolute Gasteiger partial charge is 0.386 e. The number of carbonyl (C=O) groups is 1. The average molecular weight is 247 g/mol. The second-order valence-corrected chi connectivity index (χ2v) is 4.87. The molecule has 1 amide bonds. The molecule has 0 aromatic carbocycles. The Bertz CT molecular complexity index is 419. The molecule has 0 aliphatic carbocycles. The van der Waals surface area contributed by atoms with E-state index in [4.69, 9.17) is 0 Å². The number of nitrogens with one attached hydrogen (secondary N) is 1. The highest BCUT2D eigenvalue weighted by molar-refractivity contribution is 5.99. The Morgan fingerprint density at radius 3 is 3.17 bits per heavy atom. The molecule has 4 nitrogen and oxygen atoms in total. The van der Waals surface area contributed by atoms with Crippen LogP contribution in [0.1, 0.15) is 36.5 Å². The molecule has 1 atom stereocenters. The molecule has 0 bridgehead atoms. The zero-order valence-corrected chi connectivity index (χ0v) is 11.1. The lowest BCUT2D eigenvalue weighted by molar-refractivity contribution is 0.0787. The van der Waals surface area contributed by atoms with Crippen molar-refractivity contribution in [3.05, 3.63) is 24.0 Å². The van der Waals surface area contributed by atoms with E-state index in [0.29, 0.717) is 5.92 Å². The van der Waals surface area contributed by atoms with Crippen LogP contribution in [0.15, 0.2) is 18.5 Å². The summed E-state index contributed by atoms with van der Waals surface area (Å²) in [6.45, 7) is 3.99. The van der Waals surface area contributed by atoms with Crippen LogP contribution in [0.4, 0.5) is 5.69 Å². The topological polar surface area (TPSA) is 45.2 Å². The van der Waals surface area contributed by atoms with Gasteiger partial charge in [0.2, 0.25) is 0 Å². The molecule has 0 spiro atoms. The van der Waals surface area contributed by atoms with Gasteiger partial charge in [-0.25, -0.2) is 0 Å². The van der Waals surface area contributed by atoms with Gasteiger partial charge in [0.15, 0.2) is 0 Å². The highest BCUT2D eigenvalue weighted by Gasteiger charge is 2.27. The van der Waals surface area contributed by atoms with Gasteiger partial charge in [0.05, 0.1) is 17.4 Å². The van der Waals surface area contributed by atoms with Crippen molar-refractivity contribution in [3.63, 3.8) is 0 Å². The quantitative estimate of drug-likeness (QED) is 0.888. The molecule has 2 rings (SSSR count). The average Bonchev–Trinajstić information content (AvgIpc) is 2.87. The van der Waals surface area contributed by atoms with Gasteiger partial charge in [-0.1, -0.05) is 13.3 Å². The van der Waals surface area contributed by atoms with Gasteiger partial charge in [-0.15, -0.1) is 0 Å². The van der Waals surface area contributed by atoms with Crippen LogP contribution in [0, 0.1) is 5.92 Å². The normalized spacial score (nSPS) is 19.0. The molecule has 1 aromatic rings. The molecule has 1 saturated heterocycles. The predicted molar refractivity (Wildman–Crippen MR) is 72.7 cm³/mol. The summed E-state index contributed by atoms with van der Waals surface area (Å²) in [4.78, 5) is 18.4. The van der Waals surface area contributed by atoms with Crippen molar-refractivity contribution >= 4 is 11.6 Å². The van der Waals surface area contributed by atoms with Gasteiger partial charge in [-0.05, 0) is 24.8 Å². The van der Waals surface area contributed by atoms with Gasteiger partial charge in [0.1, 0.15) is 0 Å². The summed E-state index contributed by atoms with van der Waals surface area (Å²) < 4.78 is 0. The standard InChI is InChI=1S/C14H21N3O/c1-3-4-11-6-8-17(10-11)14(18)12-5-7-16-9-13(12)15-2/h5,7,9,11,15H,3-4,6,8,10H2,1-2H3. The zero-order chi connectivity index (χ0) is 13.0. The van der Waals surface area contributed by atoms with Crippen LogP contribution >= 0.6 is 0 Å². The maximum Gasteiger partial charge on any atom is 0.256 e. The fourth-order valence-corrected chi connectivity index (χ4v) is 2.61. The maximum atomic E-state index is 12.4. The van der Waals surface area contributed by atoms with E-state index in [2.05, 4.69) is 17.2 Å². The van der Waals surface area contributed by atoms with Crippen LogP contribution in [0.3, 0.4) is 0 Å². The predicted octanol–water partition coefficient (Wildman–Crippen LogP) is 2.39. The van der Waals surface area contributed by atoms with Crippen molar-refractivity contribution < 1.29 is 4.79 Å². The highest BCUT2D eigenvalue weighted by Crippen LogP contribution is 2.24. The first-order valence-corrected chi connectivity index (χ1v) is 6.67. The number of hydrogen-bond acceptors (Lipinski definition) is 3. The van der Waals surface area contributed by atoms with Crippen LogP contribution < -0.4 is 5.32 Å². The minimum atomic E-state index is 0.125. The molecule has 1 N–H and O–H groups in total. The van der Waals surface area contributed by atoms with Crippen molar-refractivity contribution in [1.29, 1.82) is 0 Å². The Balaban J connectivity index is 2.08. The lowest BCUT2D eigenvalue weighted by Crippen LogP contribution is -2.29. The SMILES string of the molecule is CCCC1CCN(C(=O)c2ccncc2NC)C1. The van der Waals surface area contributed by atoms with Gasteiger partial charge in [-0.3, -0.25) is 9.78 Å². The van der Waals surface area contributed by atoms with E-state index in [1.54, 1.807) is 18.5 Å². The molecule has 98 valence electrons. The van der Waals surface area contributed by atoms with E-state index in [-0.39, 0.29) is 5.91 Å². The number of nitrogens with zero attached hydrogens (tertiary/aromatic N) is 2. The first-order chi connectivity index (χ1) is 8.76. The minimum absolute atomic E-state index is 0.125. The first-order valence-electron chi connectivity index (χ1n) is 6.67. The van der Waals surface area contributed by atoms with Crippen LogP contribution in [0.25, 0.3) is 0 Å². The first kappa shape index (κ1) is 12.9. The van der Waals surface area contributed by atoms with Crippen LogP contribution in [0.5, 0.6) is 0 Å². The number of rotatable bonds is 4. The van der Waals surface area contributed by atoms with Crippen molar-refractivity contribution in [3.8, 4) is 0 Å². The van der Waals surface area contributed by atoms with Crippen LogP contribution in [-0.2, 0) is 0 Å². The van der Waals surface area contributed by atoms with Gasteiger partial charge in [0, 0.05) is 26.3 Å². The van der Waals surface area contributed by atoms with Crippen molar-refractivity contribution in [2.45, 2.75) is 26.2 Å². The molecule has 1 unspecified atom stereocenters. The van der Waals surface area contributed by atoms with Crippen LogP contribution in [-0.4, -0.2) is 35.9 Å². The summed E-state index contributed by atoms with van der Waals surface area (Å²) in [6.07, 6.45) is 6.93. The molecule has 1 aliphatic heterocycles. The monoisotopic (exact) mass is 247 g/mol. The molecule has 1 aromatic heterocycles. The molecule has 0 saturated carbocycles. The molecular weight excluding hydrogens is 226 g/mol. The number of carbonyl (C=O) groups excluding carboxylic acids is 1. The zero-order valence-electron chi connectivity index (χ0n) is 11.1. The summed E-state index contributed by atoms with van der Waals surface area (Å²) >= 11 is 0. The summed E-state index contributed by atoms with van der Waals surface area (Å²) in [5.41, 5.74) is 1.53. The third-order valence-corrected chi connectivity index (χ3v) is 3.59. The van der Waals surface area contributed by atoms with E-state index >= 15 is 0 Å². The van der Waals surface area contributed by atoms with E-state index in [1.165, 1.54) is 12.8 Å². The van der Waals surface area contributed by atoms with Crippen molar-refractivity contribution in [2.75, 3.05) is 25.5 Å². The van der Waals surface area contributed by atoms with E-state index in [0.717, 1.165) is 30.8 Å². The molecule has 2 heterocycles. The van der Waals surface area contributed by atoms with Gasteiger partial charge in [0.25, 0.3) is 5.91 Å². The third kappa shape index (κ3) is 2.63. The van der Waals surface area contributed by atoms with Gasteiger partial charge in [-0.2, -0.15) is 0 Å². The summed E-state index contributed by atoms with van der Waals surface area (Å²) in [7, 11) is 1.82. The smallest absolute Gasteiger partial charge is 0.256 e. The molecule has 18 heavy (non-hydrogen) atoms. The lowest BCUT2D eigenvalue weighted by atomic mass is 10.0. The Morgan fingerprint density at radius 2 is 2.44 bits per heavy atom. The van der Waals surface area contributed by atoms with E-state index in [9.17, 15) is 4.79 Å². The second kappa shape index (κ2) is 5.85. The van der Waals surface area contributed by atoms with E-state index < -0.39 is 0 Å². The fourth-order valence-electron chi connectivity index (χ4n) is 2.61. The summed E-state index contributed by atoms with van der Waals surface area (Å²) in [6, 6.07) is 1.79. The molecule has 1 fully saturated rings. The minimum Gasteiger partial charge on any atom is -0.386 e. The molecule has 0 radical (unpaired) electrons. The van der Waals surface area contributed by atoms with Crippen molar-refractivity contribution in [1.82, 2.24) is 9.88 Å².